The highest BCUT2D eigenvalue weighted by molar-refractivity contribution is 9.09. The first-order chi connectivity index (χ1) is 5.74. The Morgan fingerprint density at radius 3 is 2.83 bits per heavy atom. The molecule has 0 radical (unpaired) electrons. The van der Waals surface area contributed by atoms with Gasteiger partial charge in [-0.15, -0.1) is 0 Å². The van der Waals surface area contributed by atoms with Crippen molar-refractivity contribution in [2.45, 2.75) is 12.8 Å². The molecule has 0 amide bonds. The number of aromatic hydroxyl groups is 1. The summed E-state index contributed by atoms with van der Waals surface area (Å²) >= 11 is 9.11. The maximum Gasteiger partial charge on any atom is 0.118 e. The fraction of sp³-hybridized carbons (Fsp3) is 0.333. The Labute approximate surface area is 85.5 Å². The Balaban J connectivity index is 2.75. The number of phenolic OH excluding ortho intramolecular Hbond substituents is 1. The summed E-state index contributed by atoms with van der Waals surface area (Å²) in [5.74, 6) is 0.334. The van der Waals surface area contributed by atoms with E-state index in [0.717, 1.165) is 23.7 Å². The van der Waals surface area contributed by atoms with Crippen molar-refractivity contribution in [2.24, 2.45) is 0 Å². The Morgan fingerprint density at radius 1 is 1.42 bits per heavy atom. The Kier molecular flexibility index (Phi) is 3.89. The largest absolute Gasteiger partial charge is 0.508 e. The van der Waals surface area contributed by atoms with E-state index in [4.69, 9.17) is 11.6 Å². The molecule has 3 heteroatoms. The lowest BCUT2D eigenvalue weighted by Gasteiger charge is -2.02. The Morgan fingerprint density at radius 2 is 2.17 bits per heavy atom. The van der Waals surface area contributed by atoms with Gasteiger partial charge in [-0.25, -0.2) is 0 Å². The van der Waals surface area contributed by atoms with Gasteiger partial charge in [0.15, 0.2) is 0 Å². The fourth-order valence-electron chi connectivity index (χ4n) is 1.01. The first-order valence-electron chi connectivity index (χ1n) is 3.77. The molecule has 0 aliphatic carbocycles. The molecule has 1 rings (SSSR count). The summed E-state index contributed by atoms with van der Waals surface area (Å²) in [5, 5.41) is 11.0. The molecular weight excluding hydrogens is 239 g/mol. The zero-order valence-electron chi connectivity index (χ0n) is 6.56. The van der Waals surface area contributed by atoms with E-state index in [1.54, 1.807) is 18.2 Å². The molecule has 1 aromatic rings. The van der Waals surface area contributed by atoms with Gasteiger partial charge < -0.3 is 5.11 Å². The van der Waals surface area contributed by atoms with Crippen molar-refractivity contribution < 1.29 is 5.11 Å². The fourth-order valence-corrected chi connectivity index (χ4v) is 1.49. The van der Waals surface area contributed by atoms with Gasteiger partial charge in [0.2, 0.25) is 0 Å². The number of alkyl halides is 1. The number of aryl methyl sites for hydroxylation is 1. The minimum atomic E-state index is 0.334. The number of phenols is 1. The first-order valence-corrected chi connectivity index (χ1v) is 5.27. The summed E-state index contributed by atoms with van der Waals surface area (Å²) in [6.07, 6.45) is 1.87. The molecule has 1 aromatic carbocycles. The maximum atomic E-state index is 9.39. The van der Waals surface area contributed by atoms with Crippen LogP contribution in [0.5, 0.6) is 5.75 Å². The summed E-state index contributed by atoms with van der Waals surface area (Å²) in [4.78, 5) is 0. The average molecular weight is 250 g/mol. The summed E-state index contributed by atoms with van der Waals surface area (Å²) in [7, 11) is 0. The van der Waals surface area contributed by atoms with Crippen LogP contribution in [0.1, 0.15) is 12.0 Å². The maximum absolute atomic E-state index is 9.39. The topological polar surface area (TPSA) is 20.2 Å². The van der Waals surface area contributed by atoms with Crippen molar-refractivity contribution >= 4 is 27.5 Å². The standard InChI is InChI=1S/C9H10BrClO/c10-5-1-2-7-6-8(11)3-4-9(7)12/h3-4,6,12H,1-2,5H2. The second-order valence-electron chi connectivity index (χ2n) is 2.57. The molecule has 0 fully saturated rings. The van der Waals surface area contributed by atoms with Gasteiger partial charge in [-0.05, 0) is 36.6 Å². The first kappa shape index (κ1) is 9.87. The minimum absolute atomic E-state index is 0.334. The molecule has 1 N–H and O–H groups in total. The molecule has 0 bridgehead atoms. The van der Waals surface area contributed by atoms with E-state index in [9.17, 15) is 5.11 Å². The van der Waals surface area contributed by atoms with Crippen LogP contribution in [-0.2, 0) is 6.42 Å². The third kappa shape index (κ3) is 2.68. The van der Waals surface area contributed by atoms with Crippen LogP contribution >= 0.6 is 27.5 Å². The van der Waals surface area contributed by atoms with Crippen LogP contribution in [-0.4, -0.2) is 10.4 Å². The monoisotopic (exact) mass is 248 g/mol. The SMILES string of the molecule is Oc1ccc(Cl)cc1CCCBr. The van der Waals surface area contributed by atoms with Crippen LogP contribution in [0.15, 0.2) is 18.2 Å². The van der Waals surface area contributed by atoms with E-state index in [0.29, 0.717) is 10.8 Å². The zero-order valence-corrected chi connectivity index (χ0v) is 8.90. The molecule has 0 heterocycles. The van der Waals surface area contributed by atoms with Crippen LogP contribution in [0.2, 0.25) is 5.02 Å². The third-order valence-corrected chi connectivity index (χ3v) is 2.42. The third-order valence-electron chi connectivity index (χ3n) is 1.62. The van der Waals surface area contributed by atoms with Crippen LogP contribution in [0.25, 0.3) is 0 Å². The van der Waals surface area contributed by atoms with E-state index in [1.807, 2.05) is 0 Å². The molecule has 0 saturated heterocycles. The number of hydrogen-bond acceptors (Lipinski definition) is 1. The van der Waals surface area contributed by atoms with Gasteiger partial charge in [0.05, 0.1) is 0 Å². The average Bonchev–Trinajstić information content (AvgIpc) is 2.07. The highest BCUT2D eigenvalue weighted by atomic mass is 79.9. The highest BCUT2D eigenvalue weighted by Gasteiger charge is 2.00. The molecule has 12 heavy (non-hydrogen) atoms. The van der Waals surface area contributed by atoms with E-state index in [1.165, 1.54) is 0 Å². The van der Waals surface area contributed by atoms with Crippen LogP contribution in [0.4, 0.5) is 0 Å². The van der Waals surface area contributed by atoms with Crippen molar-refractivity contribution in [3.8, 4) is 5.75 Å². The molecule has 0 aromatic heterocycles. The van der Waals surface area contributed by atoms with Gasteiger partial charge in [-0.3, -0.25) is 0 Å². The second kappa shape index (κ2) is 4.73. The molecule has 0 spiro atoms. The highest BCUT2D eigenvalue weighted by Crippen LogP contribution is 2.22. The lowest BCUT2D eigenvalue weighted by atomic mass is 10.1. The van der Waals surface area contributed by atoms with Crippen LogP contribution in [0, 0.1) is 0 Å². The quantitative estimate of drug-likeness (QED) is 0.814. The molecular formula is C9H10BrClO. The molecule has 0 aliphatic heterocycles. The van der Waals surface area contributed by atoms with Gasteiger partial charge >= 0.3 is 0 Å². The Hall–Kier alpha value is -0.210. The van der Waals surface area contributed by atoms with E-state index < -0.39 is 0 Å². The van der Waals surface area contributed by atoms with Gasteiger partial charge in [-0.2, -0.15) is 0 Å². The van der Waals surface area contributed by atoms with E-state index in [2.05, 4.69) is 15.9 Å². The number of benzene rings is 1. The Bertz CT molecular complexity index is 263. The lowest BCUT2D eigenvalue weighted by Crippen LogP contribution is -1.86. The molecule has 0 unspecified atom stereocenters. The van der Waals surface area contributed by atoms with E-state index >= 15 is 0 Å². The zero-order chi connectivity index (χ0) is 8.97. The molecule has 0 aliphatic rings. The van der Waals surface area contributed by atoms with Crippen LogP contribution in [0.3, 0.4) is 0 Å². The number of halogens is 2. The lowest BCUT2D eigenvalue weighted by molar-refractivity contribution is 0.468. The van der Waals surface area contributed by atoms with E-state index in [-0.39, 0.29) is 0 Å². The minimum Gasteiger partial charge on any atom is -0.508 e. The van der Waals surface area contributed by atoms with Gasteiger partial charge in [0, 0.05) is 10.4 Å². The molecule has 66 valence electrons. The molecule has 0 saturated carbocycles. The van der Waals surface area contributed by atoms with Gasteiger partial charge in [0.1, 0.15) is 5.75 Å². The summed E-state index contributed by atoms with van der Waals surface area (Å²) in [6, 6.07) is 5.12. The molecule has 0 atom stereocenters. The van der Waals surface area contributed by atoms with Crippen molar-refractivity contribution in [2.75, 3.05) is 5.33 Å². The predicted octanol–water partition coefficient (Wildman–Crippen LogP) is 3.37. The summed E-state index contributed by atoms with van der Waals surface area (Å²) in [6.45, 7) is 0. The second-order valence-corrected chi connectivity index (χ2v) is 3.80. The smallest absolute Gasteiger partial charge is 0.118 e. The van der Waals surface area contributed by atoms with Crippen molar-refractivity contribution in [3.63, 3.8) is 0 Å². The summed E-state index contributed by atoms with van der Waals surface area (Å²) in [5.41, 5.74) is 0.918. The summed E-state index contributed by atoms with van der Waals surface area (Å²) < 4.78 is 0. The van der Waals surface area contributed by atoms with Crippen molar-refractivity contribution in [1.29, 1.82) is 0 Å². The van der Waals surface area contributed by atoms with Crippen molar-refractivity contribution in [3.05, 3.63) is 28.8 Å². The normalized spacial score (nSPS) is 10.2. The number of hydrogen-bond donors (Lipinski definition) is 1. The van der Waals surface area contributed by atoms with Crippen LogP contribution < -0.4 is 0 Å². The van der Waals surface area contributed by atoms with Crippen molar-refractivity contribution in [1.82, 2.24) is 0 Å². The van der Waals surface area contributed by atoms with Gasteiger partial charge in [-0.1, -0.05) is 27.5 Å². The molecule has 1 nitrogen and oxygen atoms in total. The predicted molar refractivity (Wildman–Crippen MR) is 55.2 cm³/mol. The van der Waals surface area contributed by atoms with Gasteiger partial charge in [0.25, 0.3) is 0 Å². The number of rotatable bonds is 3.